The van der Waals surface area contributed by atoms with Crippen LogP contribution in [0.5, 0.6) is 0 Å². The summed E-state index contributed by atoms with van der Waals surface area (Å²) in [4.78, 5) is 34.2. The predicted octanol–water partition coefficient (Wildman–Crippen LogP) is 2.74. The Hall–Kier alpha value is -3.68. The third-order valence-corrected chi connectivity index (χ3v) is 5.05. The third kappa shape index (κ3) is 5.48. The largest absolute Gasteiger partial charge is 0.448 e. The Morgan fingerprint density at radius 2 is 1.87 bits per heavy atom. The number of carbonyl (C=O) groups excluding carboxylic acids is 2. The number of aromatic nitrogens is 2. The molecule has 1 aromatic heterocycles. The van der Waals surface area contributed by atoms with Gasteiger partial charge in [0.1, 0.15) is 19.0 Å². The van der Waals surface area contributed by atoms with Crippen LogP contribution in [0.1, 0.15) is 17.8 Å². The van der Waals surface area contributed by atoms with Gasteiger partial charge >= 0.3 is 6.09 Å². The molecule has 0 spiro atoms. The van der Waals surface area contributed by atoms with E-state index in [0.29, 0.717) is 19.0 Å². The van der Waals surface area contributed by atoms with Gasteiger partial charge in [-0.1, -0.05) is 42.5 Å². The quantitative estimate of drug-likeness (QED) is 0.518. The van der Waals surface area contributed by atoms with Gasteiger partial charge in [0.15, 0.2) is 5.82 Å². The van der Waals surface area contributed by atoms with Crippen LogP contribution in [-0.4, -0.2) is 53.1 Å². The van der Waals surface area contributed by atoms with Crippen molar-refractivity contribution in [2.75, 3.05) is 31.6 Å². The monoisotopic (exact) mass is 419 g/mol. The predicted molar refractivity (Wildman–Crippen MR) is 118 cm³/mol. The zero-order valence-corrected chi connectivity index (χ0v) is 17.2. The van der Waals surface area contributed by atoms with E-state index in [1.807, 2.05) is 42.5 Å². The molecule has 1 aliphatic heterocycles. The number of aryl methyl sites for hydroxylation is 1. The van der Waals surface area contributed by atoms with Crippen molar-refractivity contribution in [2.24, 2.45) is 0 Å². The first-order valence-corrected chi connectivity index (χ1v) is 10.4. The number of fused-ring (bicyclic) bond motifs is 1. The van der Waals surface area contributed by atoms with E-state index < -0.39 is 6.09 Å². The molecule has 2 amide bonds. The van der Waals surface area contributed by atoms with Gasteiger partial charge in [-0.2, -0.15) is 0 Å². The van der Waals surface area contributed by atoms with Crippen LogP contribution in [0.3, 0.4) is 0 Å². The molecule has 4 rings (SSSR count). The first-order chi connectivity index (χ1) is 15.2. The normalized spacial score (nSPS) is 13.3. The molecule has 0 radical (unpaired) electrons. The van der Waals surface area contributed by atoms with Crippen molar-refractivity contribution in [3.8, 4) is 0 Å². The molecular weight excluding hydrogens is 394 g/mol. The Morgan fingerprint density at radius 1 is 1.06 bits per heavy atom. The number of anilines is 1. The zero-order valence-electron chi connectivity index (χ0n) is 17.2. The molecule has 8 heteroatoms. The highest BCUT2D eigenvalue weighted by Gasteiger charge is 2.24. The molecule has 2 aromatic carbocycles. The van der Waals surface area contributed by atoms with E-state index in [4.69, 9.17) is 4.74 Å². The molecule has 160 valence electrons. The molecule has 1 saturated heterocycles. The highest BCUT2D eigenvalue weighted by molar-refractivity contribution is 5.89. The highest BCUT2D eigenvalue weighted by atomic mass is 16.6. The number of carbonyl (C=O) groups is 2. The van der Waals surface area contributed by atoms with Gasteiger partial charge in [-0.3, -0.25) is 9.69 Å². The van der Waals surface area contributed by atoms with Gasteiger partial charge in [0.05, 0.1) is 18.6 Å². The maximum absolute atomic E-state index is 12.2. The minimum absolute atomic E-state index is 0.0307. The average molecular weight is 419 g/mol. The van der Waals surface area contributed by atoms with Crippen molar-refractivity contribution in [3.63, 3.8) is 0 Å². The van der Waals surface area contributed by atoms with E-state index in [0.717, 1.165) is 36.1 Å². The molecule has 0 atom stereocenters. The first kappa shape index (κ1) is 20.6. The van der Waals surface area contributed by atoms with Crippen LogP contribution in [0.2, 0.25) is 0 Å². The second-order valence-corrected chi connectivity index (χ2v) is 7.33. The van der Waals surface area contributed by atoms with Gasteiger partial charge in [-0.15, -0.1) is 0 Å². The summed E-state index contributed by atoms with van der Waals surface area (Å²) in [6.07, 6.45) is 1.50. The van der Waals surface area contributed by atoms with Gasteiger partial charge in [0.25, 0.3) is 0 Å². The van der Waals surface area contributed by atoms with Gasteiger partial charge in [0, 0.05) is 11.9 Å². The lowest BCUT2D eigenvalue weighted by atomic mass is 10.1. The second kappa shape index (κ2) is 9.88. The summed E-state index contributed by atoms with van der Waals surface area (Å²) in [5.41, 5.74) is 2.12. The Labute approximate surface area is 180 Å². The smallest absolute Gasteiger partial charge is 0.410 e. The van der Waals surface area contributed by atoms with E-state index in [1.54, 1.807) is 0 Å². The third-order valence-electron chi connectivity index (χ3n) is 5.05. The number of hydrogen-bond acceptors (Lipinski definition) is 6. The van der Waals surface area contributed by atoms with E-state index in [9.17, 15) is 9.59 Å². The molecule has 3 aromatic rings. The van der Waals surface area contributed by atoms with Crippen molar-refractivity contribution < 1.29 is 14.3 Å². The summed E-state index contributed by atoms with van der Waals surface area (Å²) >= 11 is 0. The molecule has 31 heavy (non-hydrogen) atoms. The second-order valence-electron chi connectivity index (χ2n) is 7.33. The van der Waals surface area contributed by atoms with Gasteiger partial charge in [-0.25, -0.2) is 14.8 Å². The lowest BCUT2D eigenvalue weighted by molar-refractivity contribution is -0.121. The number of para-hydroxylation sites is 1. The summed E-state index contributed by atoms with van der Waals surface area (Å²) in [5, 5.41) is 7.14. The van der Waals surface area contributed by atoms with Crippen molar-refractivity contribution in [3.05, 3.63) is 66.0 Å². The van der Waals surface area contributed by atoms with Crippen LogP contribution >= 0.6 is 0 Å². The molecule has 2 N–H and O–H groups in total. The minimum Gasteiger partial charge on any atom is -0.448 e. The molecular formula is C23H25N5O3. The summed E-state index contributed by atoms with van der Waals surface area (Å²) < 4.78 is 4.84. The van der Waals surface area contributed by atoms with Crippen LogP contribution in [-0.2, 0) is 22.5 Å². The molecule has 1 fully saturated rings. The topological polar surface area (TPSA) is 96.5 Å². The van der Waals surface area contributed by atoms with Gasteiger partial charge in [0.2, 0.25) is 5.91 Å². The fraction of sp³-hybridized carbons (Fsp3) is 0.304. The number of benzene rings is 2. The fourth-order valence-electron chi connectivity index (χ4n) is 3.46. The molecule has 0 saturated carbocycles. The molecule has 0 unspecified atom stereocenters. The lowest BCUT2D eigenvalue weighted by Gasteiger charge is -2.13. The molecule has 0 bridgehead atoms. The molecule has 2 heterocycles. The zero-order chi connectivity index (χ0) is 21.5. The number of hydrogen-bond donors (Lipinski definition) is 2. The van der Waals surface area contributed by atoms with Crippen LogP contribution in [0, 0.1) is 0 Å². The number of nitrogens with zero attached hydrogens (tertiary/aromatic N) is 3. The fourth-order valence-corrected chi connectivity index (χ4v) is 3.46. The summed E-state index contributed by atoms with van der Waals surface area (Å²) in [6, 6.07) is 18.2. The van der Waals surface area contributed by atoms with Crippen LogP contribution in [0.25, 0.3) is 10.9 Å². The molecule has 1 aliphatic rings. The number of cyclic esters (lactones) is 1. The Balaban J connectivity index is 1.37. The summed E-state index contributed by atoms with van der Waals surface area (Å²) in [7, 11) is 0. The summed E-state index contributed by atoms with van der Waals surface area (Å²) in [6.45, 7) is 1.68. The van der Waals surface area contributed by atoms with Crippen LogP contribution in [0.15, 0.2) is 54.6 Å². The average Bonchev–Trinajstić information content (AvgIpc) is 3.20. The van der Waals surface area contributed by atoms with Crippen molar-refractivity contribution in [2.45, 2.75) is 19.4 Å². The first-order valence-electron chi connectivity index (χ1n) is 10.4. The highest BCUT2D eigenvalue weighted by Crippen LogP contribution is 2.20. The van der Waals surface area contributed by atoms with Crippen LogP contribution < -0.4 is 10.6 Å². The van der Waals surface area contributed by atoms with Crippen molar-refractivity contribution in [1.29, 1.82) is 0 Å². The number of ether oxygens (including phenoxy) is 1. The SMILES string of the molecule is O=C(CN1CCOC1=O)NCc1nc(NCCCc2ccccc2)c2ccccc2n1. The van der Waals surface area contributed by atoms with Crippen molar-refractivity contribution >= 4 is 28.7 Å². The number of rotatable bonds is 9. The Morgan fingerprint density at radius 3 is 2.68 bits per heavy atom. The van der Waals surface area contributed by atoms with E-state index in [2.05, 4.69) is 32.7 Å². The Bertz CT molecular complexity index is 1060. The maximum Gasteiger partial charge on any atom is 0.410 e. The van der Waals surface area contributed by atoms with Crippen LogP contribution in [0.4, 0.5) is 10.6 Å². The Kier molecular flexibility index (Phi) is 6.56. The summed E-state index contributed by atoms with van der Waals surface area (Å²) in [5.74, 6) is 1.00. The van der Waals surface area contributed by atoms with E-state index >= 15 is 0 Å². The van der Waals surface area contributed by atoms with Crippen molar-refractivity contribution in [1.82, 2.24) is 20.2 Å². The van der Waals surface area contributed by atoms with Gasteiger partial charge in [-0.05, 0) is 30.5 Å². The van der Waals surface area contributed by atoms with E-state index in [1.165, 1.54) is 10.5 Å². The van der Waals surface area contributed by atoms with E-state index in [-0.39, 0.29) is 19.0 Å². The number of amides is 2. The lowest BCUT2D eigenvalue weighted by Crippen LogP contribution is -2.37. The minimum atomic E-state index is -0.459. The molecule has 0 aliphatic carbocycles. The molecule has 8 nitrogen and oxygen atoms in total. The number of nitrogens with one attached hydrogen (secondary N) is 2. The van der Waals surface area contributed by atoms with Gasteiger partial charge < -0.3 is 15.4 Å². The standard InChI is InChI=1S/C23H25N5O3/c29-21(16-28-13-14-31-23(28)30)25-15-20-26-19-11-5-4-10-18(19)22(27-20)24-12-6-9-17-7-2-1-3-8-17/h1-5,7-8,10-11H,6,9,12-16H2,(H,25,29)(H,24,26,27). The maximum atomic E-state index is 12.2.